The van der Waals surface area contributed by atoms with Gasteiger partial charge in [-0.3, -0.25) is 0 Å². The van der Waals surface area contributed by atoms with Crippen LogP contribution in [0, 0.1) is 23.2 Å². The smallest absolute Gasteiger partial charge is 0.000802 e. The number of fused-ring (bicyclic) bond motifs is 1. The molecule has 14 heavy (non-hydrogen) atoms. The summed E-state index contributed by atoms with van der Waals surface area (Å²) in [6.07, 6.45) is 5.95. The van der Waals surface area contributed by atoms with Gasteiger partial charge in [-0.1, -0.05) is 20.8 Å². The topological polar surface area (TPSA) is 12.0 Å². The molecule has 2 aliphatic carbocycles. The van der Waals surface area contributed by atoms with Crippen molar-refractivity contribution in [3.05, 3.63) is 0 Å². The van der Waals surface area contributed by atoms with Crippen LogP contribution in [0.5, 0.6) is 0 Å². The normalized spacial score (nSPS) is 40.3. The van der Waals surface area contributed by atoms with Gasteiger partial charge in [0.25, 0.3) is 0 Å². The first-order valence-corrected chi connectivity index (χ1v) is 6.36. The highest BCUT2D eigenvalue weighted by Crippen LogP contribution is 2.60. The second-order valence-electron chi connectivity index (χ2n) is 6.04. The molecule has 1 heteroatoms. The predicted octanol–water partition coefficient (Wildman–Crippen LogP) is 3.06. The van der Waals surface area contributed by atoms with Crippen LogP contribution < -0.4 is 5.32 Å². The molecule has 2 aliphatic rings. The van der Waals surface area contributed by atoms with E-state index in [1.807, 2.05) is 0 Å². The van der Waals surface area contributed by atoms with E-state index in [9.17, 15) is 0 Å². The van der Waals surface area contributed by atoms with Crippen molar-refractivity contribution < 1.29 is 0 Å². The highest BCUT2D eigenvalue weighted by molar-refractivity contribution is 5.03. The first-order valence-electron chi connectivity index (χ1n) is 6.36. The molecular formula is C13H25N. The van der Waals surface area contributed by atoms with Crippen molar-refractivity contribution in [2.45, 2.75) is 46.5 Å². The SMILES string of the molecule is CCC1(CNCC(C)C)CC2CC2C1. The van der Waals surface area contributed by atoms with Gasteiger partial charge < -0.3 is 5.32 Å². The van der Waals surface area contributed by atoms with Crippen LogP contribution in [0.3, 0.4) is 0 Å². The average Bonchev–Trinajstić information content (AvgIpc) is 2.74. The third kappa shape index (κ3) is 2.13. The van der Waals surface area contributed by atoms with Crippen molar-refractivity contribution in [2.24, 2.45) is 23.2 Å². The van der Waals surface area contributed by atoms with Gasteiger partial charge in [-0.25, -0.2) is 0 Å². The van der Waals surface area contributed by atoms with Gasteiger partial charge in [0.05, 0.1) is 0 Å². The van der Waals surface area contributed by atoms with Gasteiger partial charge in [0.2, 0.25) is 0 Å². The van der Waals surface area contributed by atoms with E-state index in [4.69, 9.17) is 0 Å². The van der Waals surface area contributed by atoms with Crippen molar-refractivity contribution in [1.29, 1.82) is 0 Å². The molecule has 0 radical (unpaired) electrons. The van der Waals surface area contributed by atoms with Gasteiger partial charge >= 0.3 is 0 Å². The van der Waals surface area contributed by atoms with E-state index in [0.717, 1.165) is 17.8 Å². The minimum Gasteiger partial charge on any atom is -0.316 e. The van der Waals surface area contributed by atoms with Crippen LogP contribution in [-0.4, -0.2) is 13.1 Å². The third-order valence-electron chi connectivity index (χ3n) is 4.26. The first-order chi connectivity index (χ1) is 6.65. The second-order valence-corrected chi connectivity index (χ2v) is 6.04. The Bertz CT molecular complexity index is 187. The van der Waals surface area contributed by atoms with Gasteiger partial charge in [-0.15, -0.1) is 0 Å². The molecule has 1 N–H and O–H groups in total. The standard InChI is InChI=1S/C13H25N/c1-4-13(9-14-8-10(2)3)6-11-5-12(11)7-13/h10-12,14H,4-9H2,1-3H3. The zero-order valence-electron chi connectivity index (χ0n) is 9.97. The van der Waals surface area contributed by atoms with Crippen molar-refractivity contribution in [3.8, 4) is 0 Å². The lowest BCUT2D eigenvalue weighted by Crippen LogP contribution is -2.34. The molecule has 2 rings (SSSR count). The summed E-state index contributed by atoms with van der Waals surface area (Å²) in [5.41, 5.74) is 0.683. The van der Waals surface area contributed by atoms with Crippen LogP contribution >= 0.6 is 0 Å². The summed E-state index contributed by atoms with van der Waals surface area (Å²) in [5, 5.41) is 3.66. The maximum Gasteiger partial charge on any atom is 0.000802 e. The molecule has 1 nitrogen and oxygen atoms in total. The predicted molar refractivity (Wildman–Crippen MR) is 61.3 cm³/mol. The molecule has 0 aromatic carbocycles. The van der Waals surface area contributed by atoms with Crippen LogP contribution in [0.2, 0.25) is 0 Å². The molecule has 0 spiro atoms. The summed E-state index contributed by atoms with van der Waals surface area (Å²) < 4.78 is 0. The Kier molecular flexibility index (Phi) is 2.88. The lowest BCUT2D eigenvalue weighted by Gasteiger charge is -2.30. The van der Waals surface area contributed by atoms with Gasteiger partial charge in [0.1, 0.15) is 0 Å². The Morgan fingerprint density at radius 2 is 1.93 bits per heavy atom. The monoisotopic (exact) mass is 195 g/mol. The lowest BCUT2D eigenvalue weighted by atomic mass is 9.80. The summed E-state index contributed by atoms with van der Waals surface area (Å²) in [4.78, 5) is 0. The Morgan fingerprint density at radius 3 is 2.43 bits per heavy atom. The number of hydrogen-bond acceptors (Lipinski definition) is 1. The molecule has 82 valence electrons. The van der Waals surface area contributed by atoms with E-state index in [0.29, 0.717) is 5.41 Å². The molecule has 0 saturated heterocycles. The van der Waals surface area contributed by atoms with Crippen LogP contribution in [0.15, 0.2) is 0 Å². The van der Waals surface area contributed by atoms with Crippen molar-refractivity contribution in [3.63, 3.8) is 0 Å². The van der Waals surface area contributed by atoms with E-state index >= 15 is 0 Å². The summed E-state index contributed by atoms with van der Waals surface area (Å²) in [5.74, 6) is 3.03. The van der Waals surface area contributed by atoms with Crippen LogP contribution in [-0.2, 0) is 0 Å². The summed E-state index contributed by atoms with van der Waals surface area (Å²) in [6, 6.07) is 0. The fourth-order valence-corrected chi connectivity index (χ4v) is 3.19. The molecule has 0 heterocycles. The molecule has 2 atom stereocenters. The van der Waals surface area contributed by atoms with E-state index in [-0.39, 0.29) is 0 Å². The largest absolute Gasteiger partial charge is 0.316 e. The van der Waals surface area contributed by atoms with Crippen molar-refractivity contribution >= 4 is 0 Å². The van der Waals surface area contributed by atoms with E-state index < -0.39 is 0 Å². The fraction of sp³-hybridized carbons (Fsp3) is 1.00. The quantitative estimate of drug-likeness (QED) is 0.711. The van der Waals surface area contributed by atoms with E-state index in [1.54, 1.807) is 6.42 Å². The van der Waals surface area contributed by atoms with E-state index in [1.165, 1.54) is 32.4 Å². The van der Waals surface area contributed by atoms with Gasteiger partial charge in [0.15, 0.2) is 0 Å². The zero-order chi connectivity index (χ0) is 10.2. The third-order valence-corrected chi connectivity index (χ3v) is 4.26. The van der Waals surface area contributed by atoms with Gasteiger partial charge in [-0.2, -0.15) is 0 Å². The van der Waals surface area contributed by atoms with Crippen molar-refractivity contribution in [1.82, 2.24) is 5.32 Å². The minimum absolute atomic E-state index is 0.683. The minimum atomic E-state index is 0.683. The van der Waals surface area contributed by atoms with Gasteiger partial charge in [-0.05, 0) is 55.4 Å². The zero-order valence-corrected chi connectivity index (χ0v) is 9.97. The fourth-order valence-electron chi connectivity index (χ4n) is 3.19. The van der Waals surface area contributed by atoms with Crippen LogP contribution in [0.4, 0.5) is 0 Å². The Balaban J connectivity index is 1.76. The summed E-state index contributed by atoms with van der Waals surface area (Å²) >= 11 is 0. The molecule has 0 aromatic heterocycles. The lowest BCUT2D eigenvalue weighted by molar-refractivity contribution is 0.237. The number of rotatable bonds is 5. The average molecular weight is 195 g/mol. The highest BCUT2D eigenvalue weighted by Gasteiger charge is 2.52. The molecule has 2 saturated carbocycles. The molecule has 0 aromatic rings. The maximum absolute atomic E-state index is 3.66. The number of hydrogen-bond donors (Lipinski definition) is 1. The number of nitrogens with one attached hydrogen (secondary N) is 1. The molecule has 0 aliphatic heterocycles. The second kappa shape index (κ2) is 3.84. The van der Waals surface area contributed by atoms with Crippen LogP contribution in [0.1, 0.15) is 46.5 Å². The van der Waals surface area contributed by atoms with Crippen molar-refractivity contribution in [2.75, 3.05) is 13.1 Å². The van der Waals surface area contributed by atoms with Gasteiger partial charge in [0, 0.05) is 6.54 Å². The Morgan fingerprint density at radius 1 is 1.29 bits per heavy atom. The van der Waals surface area contributed by atoms with E-state index in [2.05, 4.69) is 26.1 Å². The summed E-state index contributed by atoms with van der Waals surface area (Å²) in [7, 11) is 0. The molecule has 2 fully saturated rings. The molecular weight excluding hydrogens is 170 g/mol. The molecule has 2 unspecified atom stereocenters. The van der Waals surface area contributed by atoms with Crippen LogP contribution in [0.25, 0.3) is 0 Å². The maximum atomic E-state index is 3.66. The Labute approximate surface area is 88.7 Å². The Hall–Kier alpha value is -0.0400. The first kappa shape index (κ1) is 10.5. The molecule has 0 amide bonds. The molecule has 0 bridgehead atoms. The highest BCUT2D eigenvalue weighted by atomic mass is 14.9. The summed E-state index contributed by atoms with van der Waals surface area (Å²) in [6.45, 7) is 9.42.